The Balaban J connectivity index is 2.11. The van der Waals surface area contributed by atoms with Crippen molar-refractivity contribution in [2.24, 2.45) is 5.92 Å². The summed E-state index contributed by atoms with van der Waals surface area (Å²) in [4.78, 5) is 17.5. The Bertz CT molecular complexity index is 465. The van der Waals surface area contributed by atoms with E-state index in [9.17, 15) is 4.79 Å². The van der Waals surface area contributed by atoms with E-state index in [0.717, 1.165) is 51.1 Å². The molecule has 1 atom stereocenters. The van der Waals surface area contributed by atoms with Crippen LogP contribution >= 0.6 is 0 Å². The van der Waals surface area contributed by atoms with Crippen LogP contribution in [0.4, 0.5) is 0 Å². The summed E-state index contributed by atoms with van der Waals surface area (Å²) in [5, 5.41) is 3.25. The first kappa shape index (κ1) is 18.0. The van der Waals surface area contributed by atoms with Crippen LogP contribution in [-0.2, 0) is 4.79 Å². The van der Waals surface area contributed by atoms with E-state index in [2.05, 4.69) is 41.1 Å². The number of hydrogen-bond acceptors (Lipinski definition) is 3. The second-order valence-corrected chi connectivity index (χ2v) is 6.36. The van der Waals surface area contributed by atoms with Crippen molar-refractivity contribution >= 4 is 5.91 Å². The first-order valence-electron chi connectivity index (χ1n) is 8.93. The van der Waals surface area contributed by atoms with Crippen molar-refractivity contribution < 1.29 is 4.79 Å². The Morgan fingerprint density at radius 1 is 1.22 bits per heavy atom. The maximum atomic E-state index is 13.2. The summed E-state index contributed by atoms with van der Waals surface area (Å²) in [6, 6.07) is 10.1. The lowest BCUT2D eigenvalue weighted by atomic mass is 9.95. The van der Waals surface area contributed by atoms with E-state index in [-0.39, 0.29) is 11.9 Å². The summed E-state index contributed by atoms with van der Waals surface area (Å²) in [5.74, 6) is 0.968. The van der Waals surface area contributed by atoms with Crippen molar-refractivity contribution in [2.75, 3.05) is 39.8 Å². The Kier molecular flexibility index (Phi) is 7.06. The predicted octanol–water partition coefficient (Wildman–Crippen LogP) is 2.53. The molecule has 128 valence electrons. The van der Waals surface area contributed by atoms with Crippen LogP contribution in [0.15, 0.2) is 30.3 Å². The first-order chi connectivity index (χ1) is 11.2. The van der Waals surface area contributed by atoms with Crippen molar-refractivity contribution in [3.8, 4) is 0 Å². The van der Waals surface area contributed by atoms with Crippen LogP contribution < -0.4 is 5.32 Å². The highest BCUT2D eigenvalue weighted by atomic mass is 16.2. The number of nitrogens with one attached hydrogen (secondary N) is 1. The van der Waals surface area contributed by atoms with E-state index in [1.54, 1.807) is 0 Å². The zero-order chi connectivity index (χ0) is 16.7. The number of rotatable bonds is 7. The van der Waals surface area contributed by atoms with Crippen LogP contribution in [-0.4, -0.2) is 55.5 Å². The molecule has 0 bridgehead atoms. The molecule has 1 amide bonds. The molecule has 4 nitrogen and oxygen atoms in total. The molecular formula is C19H31N3O. The number of piperidine rings is 1. The van der Waals surface area contributed by atoms with E-state index in [4.69, 9.17) is 0 Å². The number of amides is 1. The van der Waals surface area contributed by atoms with Crippen LogP contribution in [0, 0.1) is 5.92 Å². The summed E-state index contributed by atoms with van der Waals surface area (Å²) in [5.41, 5.74) is 1.11. The number of benzene rings is 1. The number of likely N-dealkylation sites (N-methyl/N-ethyl adjacent to an activating group) is 1. The second-order valence-electron chi connectivity index (χ2n) is 6.36. The third kappa shape index (κ3) is 4.55. The van der Waals surface area contributed by atoms with Gasteiger partial charge < -0.3 is 10.2 Å². The smallest absolute Gasteiger partial charge is 0.244 e. The highest BCUT2D eigenvalue weighted by molar-refractivity contribution is 5.83. The first-order valence-corrected chi connectivity index (χ1v) is 8.93. The van der Waals surface area contributed by atoms with Gasteiger partial charge in [-0.25, -0.2) is 0 Å². The van der Waals surface area contributed by atoms with E-state index in [1.807, 2.05) is 25.2 Å². The average Bonchev–Trinajstić information content (AvgIpc) is 2.60. The Morgan fingerprint density at radius 3 is 2.35 bits per heavy atom. The summed E-state index contributed by atoms with van der Waals surface area (Å²) >= 11 is 0. The molecule has 1 unspecified atom stereocenters. The molecule has 1 heterocycles. The monoisotopic (exact) mass is 317 g/mol. The summed E-state index contributed by atoms with van der Waals surface area (Å²) in [6.45, 7) is 8.86. The Morgan fingerprint density at radius 2 is 1.83 bits per heavy atom. The Hall–Kier alpha value is -1.39. The van der Waals surface area contributed by atoms with Gasteiger partial charge in [-0.05, 0) is 51.0 Å². The van der Waals surface area contributed by atoms with Gasteiger partial charge in [-0.15, -0.1) is 0 Å². The van der Waals surface area contributed by atoms with Gasteiger partial charge in [0.25, 0.3) is 0 Å². The third-order valence-electron chi connectivity index (χ3n) is 4.95. The molecule has 1 aromatic rings. The van der Waals surface area contributed by atoms with Crippen molar-refractivity contribution in [3.05, 3.63) is 35.9 Å². The maximum Gasteiger partial charge on any atom is 0.244 e. The number of carbonyl (C=O) groups is 1. The molecule has 4 heteroatoms. The number of carbonyl (C=O) groups excluding carboxylic acids is 1. The lowest BCUT2D eigenvalue weighted by Gasteiger charge is -2.37. The van der Waals surface area contributed by atoms with Crippen LogP contribution in [0.25, 0.3) is 0 Å². The molecule has 23 heavy (non-hydrogen) atoms. The van der Waals surface area contributed by atoms with Gasteiger partial charge in [0.1, 0.15) is 6.04 Å². The summed E-state index contributed by atoms with van der Waals surface area (Å²) in [6.07, 6.45) is 2.21. The van der Waals surface area contributed by atoms with Crippen LogP contribution in [0.3, 0.4) is 0 Å². The van der Waals surface area contributed by atoms with Gasteiger partial charge in [0.15, 0.2) is 0 Å². The van der Waals surface area contributed by atoms with E-state index >= 15 is 0 Å². The van der Waals surface area contributed by atoms with E-state index < -0.39 is 0 Å². The third-order valence-corrected chi connectivity index (χ3v) is 4.95. The molecule has 0 radical (unpaired) electrons. The minimum Gasteiger partial charge on any atom is -0.341 e. The molecule has 0 spiro atoms. The predicted molar refractivity (Wildman–Crippen MR) is 95.3 cm³/mol. The van der Waals surface area contributed by atoms with Crippen molar-refractivity contribution in [1.82, 2.24) is 15.1 Å². The molecule has 1 aliphatic heterocycles. The van der Waals surface area contributed by atoms with Gasteiger partial charge in [-0.2, -0.15) is 0 Å². The van der Waals surface area contributed by atoms with Crippen molar-refractivity contribution in [1.29, 1.82) is 0 Å². The van der Waals surface area contributed by atoms with Crippen LogP contribution in [0.1, 0.15) is 38.3 Å². The fourth-order valence-corrected chi connectivity index (χ4v) is 3.55. The molecule has 1 aromatic carbocycles. The number of likely N-dealkylation sites (tertiary alicyclic amines) is 1. The summed E-state index contributed by atoms with van der Waals surface area (Å²) in [7, 11) is 2.00. The fourth-order valence-electron chi connectivity index (χ4n) is 3.55. The molecule has 0 saturated carbocycles. The molecule has 1 aliphatic rings. The highest BCUT2D eigenvalue weighted by Crippen LogP contribution is 2.26. The standard InChI is InChI=1S/C19H31N3O/c1-4-21(5-2)18(17-9-7-6-8-10-17)19(23)22-13-11-16(12-14-22)15-20-3/h6-10,16,18,20H,4-5,11-15H2,1-3H3. The molecule has 0 aliphatic carbocycles. The highest BCUT2D eigenvalue weighted by Gasteiger charge is 2.31. The minimum atomic E-state index is -0.146. The second kappa shape index (κ2) is 9.04. The van der Waals surface area contributed by atoms with Gasteiger partial charge in [0, 0.05) is 13.1 Å². The van der Waals surface area contributed by atoms with E-state index in [0.29, 0.717) is 5.92 Å². The Labute approximate surface area is 140 Å². The zero-order valence-corrected chi connectivity index (χ0v) is 14.8. The molecular weight excluding hydrogens is 286 g/mol. The maximum absolute atomic E-state index is 13.2. The van der Waals surface area contributed by atoms with Crippen LogP contribution in [0.5, 0.6) is 0 Å². The van der Waals surface area contributed by atoms with Gasteiger partial charge in [0.05, 0.1) is 0 Å². The molecule has 1 saturated heterocycles. The minimum absolute atomic E-state index is 0.146. The van der Waals surface area contributed by atoms with Crippen molar-refractivity contribution in [3.63, 3.8) is 0 Å². The number of hydrogen-bond donors (Lipinski definition) is 1. The molecule has 1 fully saturated rings. The van der Waals surface area contributed by atoms with Gasteiger partial charge >= 0.3 is 0 Å². The lowest BCUT2D eigenvalue weighted by Crippen LogP contribution is -2.47. The summed E-state index contributed by atoms with van der Waals surface area (Å²) < 4.78 is 0. The van der Waals surface area contributed by atoms with Gasteiger partial charge in [0.2, 0.25) is 5.91 Å². The van der Waals surface area contributed by atoms with Gasteiger partial charge in [-0.3, -0.25) is 9.69 Å². The van der Waals surface area contributed by atoms with Crippen LogP contribution in [0.2, 0.25) is 0 Å². The lowest BCUT2D eigenvalue weighted by molar-refractivity contribution is -0.138. The quantitative estimate of drug-likeness (QED) is 0.839. The van der Waals surface area contributed by atoms with Crippen molar-refractivity contribution in [2.45, 2.75) is 32.7 Å². The largest absolute Gasteiger partial charge is 0.341 e. The topological polar surface area (TPSA) is 35.6 Å². The molecule has 2 rings (SSSR count). The average molecular weight is 317 g/mol. The van der Waals surface area contributed by atoms with Gasteiger partial charge in [-0.1, -0.05) is 44.2 Å². The molecule has 0 aromatic heterocycles. The fraction of sp³-hybridized carbons (Fsp3) is 0.632. The normalized spacial score (nSPS) is 17.5. The number of nitrogens with zero attached hydrogens (tertiary/aromatic N) is 2. The molecule has 1 N–H and O–H groups in total. The SMILES string of the molecule is CCN(CC)C(C(=O)N1CCC(CNC)CC1)c1ccccc1. The zero-order valence-electron chi connectivity index (χ0n) is 14.8. The van der Waals surface area contributed by atoms with E-state index in [1.165, 1.54) is 0 Å².